The van der Waals surface area contributed by atoms with Crippen LogP contribution < -0.4 is 5.32 Å². The fourth-order valence-electron chi connectivity index (χ4n) is 1.65. The lowest BCUT2D eigenvalue weighted by Crippen LogP contribution is -2.32. The van der Waals surface area contributed by atoms with Crippen molar-refractivity contribution >= 4 is 0 Å². The van der Waals surface area contributed by atoms with Crippen LogP contribution in [0.25, 0.3) is 0 Å². The van der Waals surface area contributed by atoms with E-state index in [1.807, 2.05) is 6.92 Å². The van der Waals surface area contributed by atoms with E-state index < -0.39 is 0 Å². The van der Waals surface area contributed by atoms with Gasteiger partial charge in [0.15, 0.2) is 5.82 Å². The molecule has 2 rings (SSSR count). The zero-order valence-electron chi connectivity index (χ0n) is 8.58. The molecule has 0 spiro atoms. The number of nitrogens with one attached hydrogen (secondary N) is 2. The summed E-state index contributed by atoms with van der Waals surface area (Å²) in [5, 5.41) is 10.4. The number of aromatic amines is 1. The molecule has 1 aliphatic rings. The predicted octanol–water partition coefficient (Wildman–Crippen LogP) is 0.553. The standard InChI is InChI=1S/C9H16N4O/c1-6(9-11-7(2)12-13-9)10-8-3-4-14-5-8/h6,8,10H,3-5H2,1-2H3,(H,11,12,13). The molecule has 78 valence electrons. The molecular formula is C9H16N4O. The van der Waals surface area contributed by atoms with E-state index in [9.17, 15) is 0 Å². The SMILES string of the molecule is Cc1nc(C(C)NC2CCOC2)n[nH]1. The van der Waals surface area contributed by atoms with Crippen molar-refractivity contribution in [3.63, 3.8) is 0 Å². The summed E-state index contributed by atoms with van der Waals surface area (Å²) in [6.45, 7) is 5.63. The van der Waals surface area contributed by atoms with Crippen molar-refractivity contribution in [2.24, 2.45) is 0 Å². The molecule has 1 aliphatic heterocycles. The average Bonchev–Trinajstić information content (AvgIpc) is 2.75. The molecule has 5 heteroatoms. The Labute approximate surface area is 83.3 Å². The molecule has 0 radical (unpaired) electrons. The number of aromatic nitrogens is 3. The van der Waals surface area contributed by atoms with Crippen LogP contribution in [0.2, 0.25) is 0 Å². The predicted molar refractivity (Wildman–Crippen MR) is 51.9 cm³/mol. The number of ether oxygens (including phenoxy) is 1. The van der Waals surface area contributed by atoms with Crippen LogP contribution in [0.5, 0.6) is 0 Å². The zero-order valence-corrected chi connectivity index (χ0v) is 8.58. The third kappa shape index (κ3) is 2.10. The molecule has 1 aromatic rings. The highest BCUT2D eigenvalue weighted by atomic mass is 16.5. The summed E-state index contributed by atoms with van der Waals surface area (Å²) in [4.78, 5) is 4.28. The molecule has 1 fully saturated rings. The van der Waals surface area contributed by atoms with Crippen LogP contribution in [0.1, 0.15) is 31.0 Å². The van der Waals surface area contributed by atoms with Crippen molar-refractivity contribution in [1.29, 1.82) is 0 Å². The lowest BCUT2D eigenvalue weighted by molar-refractivity contribution is 0.188. The molecule has 0 amide bonds. The average molecular weight is 196 g/mol. The second kappa shape index (κ2) is 4.06. The van der Waals surface area contributed by atoms with E-state index in [0.29, 0.717) is 6.04 Å². The van der Waals surface area contributed by atoms with Gasteiger partial charge in [-0.1, -0.05) is 0 Å². The van der Waals surface area contributed by atoms with E-state index in [4.69, 9.17) is 4.74 Å². The fourth-order valence-corrected chi connectivity index (χ4v) is 1.65. The molecule has 2 N–H and O–H groups in total. The Bertz CT molecular complexity index is 293. The van der Waals surface area contributed by atoms with Crippen LogP contribution in [-0.2, 0) is 4.74 Å². The van der Waals surface area contributed by atoms with Crippen LogP contribution in [0.3, 0.4) is 0 Å². The lowest BCUT2D eigenvalue weighted by Gasteiger charge is -2.14. The molecule has 0 aromatic carbocycles. The molecule has 0 aliphatic carbocycles. The van der Waals surface area contributed by atoms with Gasteiger partial charge in [0.2, 0.25) is 0 Å². The Morgan fingerprint density at radius 2 is 2.50 bits per heavy atom. The summed E-state index contributed by atoms with van der Waals surface area (Å²) in [7, 11) is 0. The van der Waals surface area contributed by atoms with Gasteiger partial charge in [-0.2, -0.15) is 5.10 Å². The summed E-state index contributed by atoms with van der Waals surface area (Å²) in [6, 6.07) is 0.635. The number of aryl methyl sites for hydroxylation is 1. The van der Waals surface area contributed by atoms with Gasteiger partial charge < -0.3 is 10.1 Å². The first-order valence-corrected chi connectivity index (χ1v) is 4.98. The van der Waals surface area contributed by atoms with Gasteiger partial charge in [0.1, 0.15) is 5.82 Å². The molecule has 2 atom stereocenters. The summed E-state index contributed by atoms with van der Waals surface area (Å²) in [6.07, 6.45) is 1.08. The number of hydrogen-bond donors (Lipinski definition) is 2. The van der Waals surface area contributed by atoms with E-state index in [1.54, 1.807) is 0 Å². The zero-order chi connectivity index (χ0) is 9.97. The summed E-state index contributed by atoms with van der Waals surface area (Å²) < 4.78 is 5.29. The third-order valence-corrected chi connectivity index (χ3v) is 2.42. The van der Waals surface area contributed by atoms with Gasteiger partial charge in [0.25, 0.3) is 0 Å². The highest BCUT2D eigenvalue weighted by molar-refractivity contribution is 4.94. The third-order valence-electron chi connectivity index (χ3n) is 2.42. The van der Waals surface area contributed by atoms with Crippen LogP contribution >= 0.6 is 0 Å². The molecule has 5 nitrogen and oxygen atoms in total. The van der Waals surface area contributed by atoms with Crippen molar-refractivity contribution in [1.82, 2.24) is 20.5 Å². The molecule has 0 saturated carbocycles. The van der Waals surface area contributed by atoms with Gasteiger partial charge in [-0.25, -0.2) is 4.98 Å². The number of nitrogens with zero attached hydrogens (tertiary/aromatic N) is 2. The van der Waals surface area contributed by atoms with E-state index in [2.05, 4.69) is 27.4 Å². The molecule has 2 unspecified atom stereocenters. The van der Waals surface area contributed by atoms with Gasteiger partial charge >= 0.3 is 0 Å². The minimum absolute atomic E-state index is 0.187. The van der Waals surface area contributed by atoms with Crippen LogP contribution in [0.4, 0.5) is 0 Å². The van der Waals surface area contributed by atoms with Gasteiger partial charge in [0.05, 0.1) is 12.6 Å². The van der Waals surface area contributed by atoms with Crippen LogP contribution in [-0.4, -0.2) is 34.4 Å². The maximum atomic E-state index is 5.29. The van der Waals surface area contributed by atoms with E-state index in [-0.39, 0.29) is 6.04 Å². The summed E-state index contributed by atoms with van der Waals surface area (Å²) in [5.74, 6) is 1.69. The Morgan fingerprint density at radius 1 is 1.64 bits per heavy atom. The first-order valence-electron chi connectivity index (χ1n) is 4.98. The van der Waals surface area contributed by atoms with E-state index in [0.717, 1.165) is 31.3 Å². The minimum Gasteiger partial charge on any atom is -0.380 e. The van der Waals surface area contributed by atoms with E-state index >= 15 is 0 Å². The largest absolute Gasteiger partial charge is 0.380 e. The van der Waals surface area contributed by atoms with Crippen molar-refractivity contribution < 1.29 is 4.74 Å². The Kier molecular flexibility index (Phi) is 2.79. The highest BCUT2D eigenvalue weighted by Gasteiger charge is 2.19. The van der Waals surface area contributed by atoms with Gasteiger partial charge in [-0.05, 0) is 20.3 Å². The molecule has 2 heterocycles. The molecule has 0 bridgehead atoms. The molecule has 14 heavy (non-hydrogen) atoms. The fraction of sp³-hybridized carbons (Fsp3) is 0.778. The number of rotatable bonds is 3. The summed E-state index contributed by atoms with van der Waals surface area (Å²) >= 11 is 0. The number of hydrogen-bond acceptors (Lipinski definition) is 4. The monoisotopic (exact) mass is 196 g/mol. The van der Waals surface area contributed by atoms with Crippen molar-refractivity contribution in [3.8, 4) is 0 Å². The second-order valence-corrected chi connectivity index (χ2v) is 3.73. The van der Waals surface area contributed by atoms with Gasteiger partial charge in [-0.15, -0.1) is 0 Å². The smallest absolute Gasteiger partial charge is 0.167 e. The molecule has 1 saturated heterocycles. The lowest BCUT2D eigenvalue weighted by atomic mass is 10.2. The first-order chi connectivity index (χ1) is 6.75. The maximum absolute atomic E-state index is 5.29. The van der Waals surface area contributed by atoms with E-state index in [1.165, 1.54) is 0 Å². The maximum Gasteiger partial charge on any atom is 0.167 e. The van der Waals surface area contributed by atoms with Crippen molar-refractivity contribution in [2.75, 3.05) is 13.2 Å². The number of H-pyrrole nitrogens is 1. The molecule has 1 aromatic heterocycles. The quantitative estimate of drug-likeness (QED) is 0.741. The minimum atomic E-state index is 0.187. The normalized spacial score (nSPS) is 24.0. The Morgan fingerprint density at radius 3 is 3.07 bits per heavy atom. The highest BCUT2D eigenvalue weighted by Crippen LogP contribution is 2.11. The van der Waals surface area contributed by atoms with Gasteiger partial charge in [-0.3, -0.25) is 5.10 Å². The van der Waals surface area contributed by atoms with Crippen LogP contribution in [0.15, 0.2) is 0 Å². The van der Waals surface area contributed by atoms with Crippen molar-refractivity contribution in [3.05, 3.63) is 11.6 Å². The van der Waals surface area contributed by atoms with Crippen LogP contribution in [0, 0.1) is 6.92 Å². The van der Waals surface area contributed by atoms with Crippen molar-refractivity contribution in [2.45, 2.75) is 32.4 Å². The molecular weight excluding hydrogens is 180 g/mol. The Balaban J connectivity index is 1.91. The summed E-state index contributed by atoms with van der Waals surface area (Å²) in [5.41, 5.74) is 0. The topological polar surface area (TPSA) is 62.8 Å². The van der Waals surface area contributed by atoms with Gasteiger partial charge in [0, 0.05) is 12.6 Å². The second-order valence-electron chi connectivity index (χ2n) is 3.73. The first kappa shape index (κ1) is 9.61. The Hall–Kier alpha value is -0.940.